The molecule has 2 aromatic carbocycles. The van der Waals surface area contributed by atoms with Gasteiger partial charge in [0.1, 0.15) is 12.4 Å². The van der Waals surface area contributed by atoms with Gasteiger partial charge in [-0.2, -0.15) is 4.31 Å². The number of aryl methyl sites for hydroxylation is 1. The Morgan fingerprint density at radius 2 is 1.81 bits per heavy atom. The molecule has 0 saturated carbocycles. The largest absolute Gasteiger partial charge is 0.491 e. The van der Waals surface area contributed by atoms with E-state index in [0.717, 1.165) is 24.8 Å². The molecule has 0 heterocycles. The Hall–Kier alpha value is -1.89. The summed E-state index contributed by atoms with van der Waals surface area (Å²) in [5.74, 6) is 0.631. The van der Waals surface area contributed by atoms with Crippen LogP contribution in [0.2, 0.25) is 0 Å². The van der Waals surface area contributed by atoms with Crippen LogP contribution in [0.1, 0.15) is 30.0 Å². The highest BCUT2D eigenvalue weighted by molar-refractivity contribution is 7.89. The van der Waals surface area contributed by atoms with Crippen molar-refractivity contribution >= 4 is 10.0 Å². The van der Waals surface area contributed by atoms with E-state index in [9.17, 15) is 8.42 Å². The summed E-state index contributed by atoms with van der Waals surface area (Å²) in [5.41, 5.74) is 2.36. The Kier molecular flexibility index (Phi) is 5.96. The highest BCUT2D eigenvalue weighted by atomic mass is 32.2. The number of rotatable bonds is 7. The third-order valence-electron chi connectivity index (χ3n) is 4.83. The number of methoxy groups -OCH3 is 1. The number of sulfonamides is 1. The Morgan fingerprint density at radius 3 is 2.54 bits per heavy atom. The summed E-state index contributed by atoms with van der Waals surface area (Å²) in [6.07, 6.45) is 2.84. The number of hydrogen-bond acceptors (Lipinski definition) is 4. The Bertz CT molecular complexity index is 833. The molecule has 3 rings (SSSR count). The first kappa shape index (κ1) is 18.9. The van der Waals surface area contributed by atoms with Gasteiger partial charge in [0.15, 0.2) is 0 Å². The zero-order valence-electron chi connectivity index (χ0n) is 15.2. The Balaban J connectivity index is 1.80. The third-order valence-corrected chi connectivity index (χ3v) is 6.71. The maximum Gasteiger partial charge on any atom is 0.243 e. The molecule has 0 fully saturated rings. The number of benzene rings is 2. The molecule has 5 nitrogen and oxygen atoms in total. The average Bonchev–Trinajstić information content (AvgIpc) is 2.67. The van der Waals surface area contributed by atoms with Crippen molar-refractivity contribution in [1.82, 2.24) is 4.31 Å². The summed E-state index contributed by atoms with van der Waals surface area (Å²) in [6.45, 7) is 0.922. The van der Waals surface area contributed by atoms with E-state index < -0.39 is 10.0 Å². The van der Waals surface area contributed by atoms with E-state index in [1.807, 2.05) is 18.2 Å². The minimum absolute atomic E-state index is 0.123. The standard InChI is InChI=1S/C20H25NO4S/c1-21(20-9-5-7-16-6-3-4-8-19(16)20)26(22,23)18-12-10-17(11-13-18)25-15-14-24-2/h3-4,6,8,10-13,20H,5,7,9,14-15H2,1-2H3. The van der Waals surface area contributed by atoms with Crippen LogP contribution in [0, 0.1) is 0 Å². The average molecular weight is 375 g/mol. The molecule has 6 heteroatoms. The summed E-state index contributed by atoms with van der Waals surface area (Å²) < 4.78 is 38.1. The first-order valence-corrected chi connectivity index (χ1v) is 10.3. The van der Waals surface area contributed by atoms with Gasteiger partial charge in [0.2, 0.25) is 10.0 Å². The number of fused-ring (bicyclic) bond motifs is 1. The van der Waals surface area contributed by atoms with E-state index in [2.05, 4.69) is 6.07 Å². The van der Waals surface area contributed by atoms with Crippen LogP contribution in [-0.2, 0) is 21.2 Å². The summed E-state index contributed by atoms with van der Waals surface area (Å²) in [7, 11) is -0.289. The molecule has 26 heavy (non-hydrogen) atoms. The molecule has 1 unspecified atom stereocenters. The van der Waals surface area contributed by atoms with E-state index in [-0.39, 0.29) is 10.9 Å². The second kappa shape index (κ2) is 8.20. The van der Waals surface area contributed by atoms with Crippen LogP contribution in [0.15, 0.2) is 53.4 Å². The fraction of sp³-hybridized carbons (Fsp3) is 0.400. The summed E-state index contributed by atoms with van der Waals surface area (Å²) in [4.78, 5) is 0.280. The summed E-state index contributed by atoms with van der Waals surface area (Å²) >= 11 is 0. The molecule has 140 valence electrons. The van der Waals surface area contributed by atoms with E-state index in [1.54, 1.807) is 38.4 Å². The molecule has 0 spiro atoms. The number of nitrogens with zero attached hydrogens (tertiary/aromatic N) is 1. The van der Waals surface area contributed by atoms with Crippen LogP contribution in [0.4, 0.5) is 0 Å². The van der Waals surface area contributed by atoms with Crippen molar-refractivity contribution in [3.63, 3.8) is 0 Å². The van der Waals surface area contributed by atoms with Gasteiger partial charge in [-0.3, -0.25) is 0 Å². The molecule has 1 atom stereocenters. The molecule has 0 aromatic heterocycles. The molecule has 1 aliphatic rings. The highest BCUT2D eigenvalue weighted by Crippen LogP contribution is 2.36. The van der Waals surface area contributed by atoms with Crippen LogP contribution in [0.25, 0.3) is 0 Å². The normalized spacial score (nSPS) is 17.1. The molecular weight excluding hydrogens is 350 g/mol. The zero-order chi connectivity index (χ0) is 18.6. The molecule has 0 amide bonds. The highest BCUT2D eigenvalue weighted by Gasteiger charge is 2.31. The maximum absolute atomic E-state index is 13.1. The van der Waals surface area contributed by atoms with Crippen molar-refractivity contribution in [2.45, 2.75) is 30.2 Å². The van der Waals surface area contributed by atoms with Gasteiger partial charge in [-0.25, -0.2) is 8.42 Å². The van der Waals surface area contributed by atoms with Crippen molar-refractivity contribution in [3.8, 4) is 5.75 Å². The maximum atomic E-state index is 13.1. The smallest absolute Gasteiger partial charge is 0.243 e. The van der Waals surface area contributed by atoms with Crippen molar-refractivity contribution in [1.29, 1.82) is 0 Å². The first-order valence-electron chi connectivity index (χ1n) is 8.81. The van der Waals surface area contributed by atoms with Crippen LogP contribution < -0.4 is 4.74 Å². The SMILES string of the molecule is COCCOc1ccc(S(=O)(=O)N(C)C2CCCc3ccccc32)cc1. The van der Waals surface area contributed by atoms with Gasteiger partial charge < -0.3 is 9.47 Å². The van der Waals surface area contributed by atoms with Gasteiger partial charge in [-0.15, -0.1) is 0 Å². The molecule has 0 radical (unpaired) electrons. The number of ether oxygens (including phenoxy) is 2. The minimum Gasteiger partial charge on any atom is -0.491 e. The zero-order valence-corrected chi connectivity index (χ0v) is 16.0. The van der Waals surface area contributed by atoms with E-state index in [1.165, 1.54) is 9.87 Å². The van der Waals surface area contributed by atoms with Gasteiger partial charge in [0.25, 0.3) is 0 Å². The lowest BCUT2D eigenvalue weighted by atomic mass is 9.88. The monoisotopic (exact) mass is 375 g/mol. The molecule has 1 aliphatic carbocycles. The van der Waals surface area contributed by atoms with Crippen molar-refractivity contribution in [2.75, 3.05) is 27.4 Å². The molecular formula is C20H25NO4S. The van der Waals surface area contributed by atoms with Crippen molar-refractivity contribution in [3.05, 3.63) is 59.7 Å². The quantitative estimate of drug-likeness (QED) is 0.696. The van der Waals surface area contributed by atoms with Crippen LogP contribution >= 0.6 is 0 Å². The van der Waals surface area contributed by atoms with Crippen LogP contribution in [0.3, 0.4) is 0 Å². The predicted octanol–water partition coefficient (Wildman–Crippen LogP) is 3.41. The van der Waals surface area contributed by atoms with Crippen molar-refractivity contribution in [2.24, 2.45) is 0 Å². The van der Waals surface area contributed by atoms with Gasteiger partial charge in [-0.1, -0.05) is 24.3 Å². The summed E-state index contributed by atoms with van der Waals surface area (Å²) in [6, 6.07) is 14.6. The van der Waals surface area contributed by atoms with Gasteiger partial charge in [0.05, 0.1) is 11.5 Å². The number of hydrogen-bond donors (Lipinski definition) is 0. The Morgan fingerprint density at radius 1 is 1.08 bits per heavy atom. The lowest BCUT2D eigenvalue weighted by Gasteiger charge is -2.32. The van der Waals surface area contributed by atoms with Crippen LogP contribution in [0.5, 0.6) is 5.75 Å². The third kappa shape index (κ3) is 3.92. The summed E-state index contributed by atoms with van der Waals surface area (Å²) in [5, 5.41) is 0. The van der Waals surface area contributed by atoms with Crippen molar-refractivity contribution < 1.29 is 17.9 Å². The van der Waals surface area contributed by atoms with E-state index in [4.69, 9.17) is 9.47 Å². The molecule has 0 saturated heterocycles. The Labute approximate surface area is 155 Å². The molecule has 0 bridgehead atoms. The molecule has 2 aromatic rings. The fourth-order valence-corrected chi connectivity index (χ4v) is 4.76. The molecule has 0 N–H and O–H groups in total. The predicted molar refractivity (Wildman–Crippen MR) is 101 cm³/mol. The lowest BCUT2D eigenvalue weighted by molar-refractivity contribution is 0.146. The van der Waals surface area contributed by atoms with Gasteiger partial charge in [-0.05, 0) is 54.7 Å². The molecule has 0 aliphatic heterocycles. The van der Waals surface area contributed by atoms with E-state index >= 15 is 0 Å². The second-order valence-corrected chi connectivity index (χ2v) is 8.44. The van der Waals surface area contributed by atoms with Gasteiger partial charge >= 0.3 is 0 Å². The first-order chi connectivity index (χ1) is 12.5. The van der Waals surface area contributed by atoms with E-state index in [0.29, 0.717) is 19.0 Å². The fourth-order valence-electron chi connectivity index (χ4n) is 3.39. The van der Waals surface area contributed by atoms with Gasteiger partial charge in [0, 0.05) is 20.2 Å². The van der Waals surface area contributed by atoms with Crippen LogP contribution in [-0.4, -0.2) is 40.1 Å². The second-order valence-electron chi connectivity index (χ2n) is 6.44. The topological polar surface area (TPSA) is 55.8 Å². The lowest BCUT2D eigenvalue weighted by Crippen LogP contribution is -2.33. The minimum atomic E-state index is -3.57.